The van der Waals surface area contributed by atoms with Crippen LogP contribution < -0.4 is 5.32 Å². The van der Waals surface area contributed by atoms with E-state index >= 15 is 0 Å². The van der Waals surface area contributed by atoms with Gasteiger partial charge in [0.05, 0.1) is 0 Å². The zero-order chi connectivity index (χ0) is 24.1. The molecule has 1 aliphatic heterocycles. The van der Waals surface area contributed by atoms with Crippen molar-refractivity contribution in [1.29, 1.82) is 0 Å². The Morgan fingerprint density at radius 2 is 1.66 bits per heavy atom. The second kappa shape index (κ2) is 10.4. The van der Waals surface area contributed by atoms with Crippen molar-refractivity contribution in [2.45, 2.75) is 26.1 Å². The fourth-order valence-corrected chi connectivity index (χ4v) is 3.71. The van der Waals surface area contributed by atoms with Gasteiger partial charge in [0.1, 0.15) is 0 Å². The normalized spacial score (nSPS) is 19.2. The van der Waals surface area contributed by atoms with E-state index in [9.17, 15) is 18.0 Å². The van der Waals surface area contributed by atoms with Crippen LogP contribution in [0.5, 0.6) is 0 Å². The Morgan fingerprint density at radius 3 is 2.25 bits per heavy atom. The summed E-state index contributed by atoms with van der Waals surface area (Å²) in [7, 11) is 0. The number of benzene rings is 2. The Hall–Kier alpha value is -3.14. The third kappa shape index (κ3) is 6.43. The number of rotatable bonds is 4. The van der Waals surface area contributed by atoms with Gasteiger partial charge < -0.3 is 20.4 Å². The van der Waals surface area contributed by atoms with Crippen LogP contribution in [-0.4, -0.2) is 58.8 Å². The molecule has 0 radical (unpaired) electrons. The first kappa shape index (κ1) is 25.1. The number of hydrogen-bond donors (Lipinski definition) is 3. The van der Waals surface area contributed by atoms with Crippen molar-refractivity contribution in [3.8, 4) is 0 Å². The van der Waals surface area contributed by atoms with E-state index in [1.165, 1.54) is 5.39 Å². The van der Waals surface area contributed by atoms with Crippen molar-refractivity contribution < 1.29 is 37.8 Å². The number of fused-ring (bicyclic) bond motifs is 1. The number of nitrogens with zero attached hydrogens (tertiary/aromatic N) is 1. The Balaban J connectivity index is 0.000000534. The maximum atomic E-state index is 12.6. The first-order valence-corrected chi connectivity index (χ1v) is 9.95. The number of halogens is 3. The second-order valence-electron chi connectivity index (χ2n) is 7.75. The molecule has 2 aromatic carbocycles. The maximum absolute atomic E-state index is 12.6. The molecule has 2 unspecified atom stereocenters. The van der Waals surface area contributed by atoms with Crippen LogP contribution in [0.2, 0.25) is 0 Å². The van der Waals surface area contributed by atoms with Gasteiger partial charge in [0, 0.05) is 25.7 Å². The average Bonchev–Trinajstić information content (AvgIpc) is 3.11. The number of alkyl halides is 3. The van der Waals surface area contributed by atoms with Gasteiger partial charge >= 0.3 is 24.0 Å². The summed E-state index contributed by atoms with van der Waals surface area (Å²) in [5.41, 5.74) is 1.16. The number of carbonyl (C=O) groups excluding carboxylic acids is 1. The highest BCUT2D eigenvalue weighted by Gasteiger charge is 2.46. The molecule has 3 N–H and O–H groups in total. The van der Waals surface area contributed by atoms with Crippen molar-refractivity contribution >= 4 is 28.6 Å². The van der Waals surface area contributed by atoms with Crippen molar-refractivity contribution in [2.75, 3.05) is 19.6 Å². The Morgan fingerprint density at radius 1 is 1.06 bits per heavy atom. The molecule has 0 aromatic heterocycles. The number of likely N-dealkylation sites (tertiary alicyclic amines) is 1. The van der Waals surface area contributed by atoms with Gasteiger partial charge in [-0.3, -0.25) is 4.79 Å². The van der Waals surface area contributed by atoms with Crippen LogP contribution in [0.4, 0.5) is 13.2 Å². The quantitative estimate of drug-likeness (QED) is 0.612. The molecule has 174 valence electrons. The van der Waals surface area contributed by atoms with Crippen LogP contribution in [0.3, 0.4) is 0 Å². The average molecular weight is 454 g/mol. The van der Waals surface area contributed by atoms with E-state index in [-0.39, 0.29) is 31.0 Å². The summed E-state index contributed by atoms with van der Waals surface area (Å²) in [6, 6.07) is 14.3. The monoisotopic (exact) mass is 454 g/mol. The Labute approximate surface area is 182 Å². The van der Waals surface area contributed by atoms with Crippen molar-refractivity contribution in [3.63, 3.8) is 0 Å². The van der Waals surface area contributed by atoms with Crippen LogP contribution in [0.1, 0.15) is 25.5 Å². The van der Waals surface area contributed by atoms with E-state index in [0.717, 1.165) is 15.8 Å². The molecule has 7 nitrogen and oxygen atoms in total. The number of nitrogens with one attached hydrogen (secondary N) is 1. The molecule has 3 rings (SSSR count). The van der Waals surface area contributed by atoms with Gasteiger partial charge in [0.15, 0.2) is 0 Å². The zero-order valence-electron chi connectivity index (χ0n) is 17.6. The molecule has 3 atom stereocenters. The standard InChI is InChI=1S/C20H23F3N2O.C2H2O4/c1-13-11-25(19(26)20(21,22)23)12-16(13)10-24-14(2)17-9-5-7-15-6-3-4-8-18(15)17;3-1(4)2(5)6/h3-9,13-14,16,24H,10-12H2,1-2H3;(H,3,4)(H,5,6)/t13?,14-,16?;/m1./s1. The first-order chi connectivity index (χ1) is 14.9. The summed E-state index contributed by atoms with van der Waals surface area (Å²) in [4.78, 5) is 30.6. The van der Waals surface area contributed by atoms with Crippen molar-refractivity contribution in [1.82, 2.24) is 10.2 Å². The minimum atomic E-state index is -4.79. The number of amides is 1. The first-order valence-electron chi connectivity index (χ1n) is 9.95. The van der Waals surface area contributed by atoms with Gasteiger partial charge in [-0.05, 0) is 35.1 Å². The van der Waals surface area contributed by atoms with Crippen LogP contribution in [0.25, 0.3) is 10.8 Å². The molecule has 1 fully saturated rings. The van der Waals surface area contributed by atoms with E-state index in [1.807, 2.05) is 25.1 Å². The summed E-state index contributed by atoms with van der Waals surface area (Å²) in [5, 5.41) is 20.6. The van der Waals surface area contributed by atoms with Gasteiger partial charge in [-0.15, -0.1) is 0 Å². The third-order valence-corrected chi connectivity index (χ3v) is 5.46. The van der Waals surface area contributed by atoms with E-state index in [1.54, 1.807) is 0 Å². The van der Waals surface area contributed by atoms with E-state index in [0.29, 0.717) is 6.54 Å². The SMILES string of the molecule is CC1CN(C(=O)C(F)(F)F)CC1CN[C@H](C)c1cccc2ccccc12.O=C(O)C(=O)O. The Kier molecular flexibility index (Phi) is 8.20. The fraction of sp³-hybridized carbons (Fsp3) is 0.409. The summed E-state index contributed by atoms with van der Waals surface area (Å²) in [6.07, 6.45) is -4.79. The Bertz CT molecular complexity index is 962. The van der Waals surface area contributed by atoms with Crippen molar-refractivity contribution in [3.05, 3.63) is 48.0 Å². The number of aliphatic carboxylic acids is 2. The summed E-state index contributed by atoms with van der Waals surface area (Å²) >= 11 is 0. The van der Waals surface area contributed by atoms with Crippen LogP contribution in [0, 0.1) is 11.8 Å². The van der Waals surface area contributed by atoms with E-state index in [2.05, 4.69) is 36.5 Å². The minimum Gasteiger partial charge on any atom is -0.473 e. The molecule has 0 spiro atoms. The van der Waals surface area contributed by atoms with Gasteiger partial charge in [-0.1, -0.05) is 49.4 Å². The molecule has 2 aromatic rings. The van der Waals surface area contributed by atoms with Gasteiger partial charge in [0.2, 0.25) is 0 Å². The topological polar surface area (TPSA) is 107 Å². The predicted octanol–water partition coefficient (Wildman–Crippen LogP) is 3.30. The van der Waals surface area contributed by atoms with Crippen LogP contribution >= 0.6 is 0 Å². The molecule has 1 aliphatic rings. The second-order valence-corrected chi connectivity index (χ2v) is 7.75. The lowest BCUT2D eigenvalue weighted by molar-refractivity contribution is -0.184. The third-order valence-electron chi connectivity index (χ3n) is 5.46. The summed E-state index contributed by atoms with van der Waals surface area (Å²) < 4.78 is 37.9. The van der Waals surface area contributed by atoms with Crippen molar-refractivity contribution in [2.24, 2.45) is 11.8 Å². The van der Waals surface area contributed by atoms with Gasteiger partial charge in [0.25, 0.3) is 0 Å². The molecule has 1 amide bonds. The largest absolute Gasteiger partial charge is 0.473 e. The van der Waals surface area contributed by atoms with Gasteiger partial charge in [-0.2, -0.15) is 13.2 Å². The zero-order valence-corrected chi connectivity index (χ0v) is 17.6. The highest BCUT2D eigenvalue weighted by atomic mass is 19.4. The van der Waals surface area contributed by atoms with E-state index in [4.69, 9.17) is 19.8 Å². The summed E-state index contributed by atoms with van der Waals surface area (Å²) in [6.45, 7) is 4.84. The molecule has 0 bridgehead atoms. The van der Waals surface area contributed by atoms with Crippen LogP contribution in [0.15, 0.2) is 42.5 Å². The number of hydrogen-bond acceptors (Lipinski definition) is 4. The molecule has 10 heteroatoms. The van der Waals surface area contributed by atoms with Gasteiger partial charge in [-0.25, -0.2) is 9.59 Å². The molecular formula is C22H25F3N2O5. The number of carboxylic acids is 2. The molecular weight excluding hydrogens is 429 g/mol. The molecule has 1 heterocycles. The molecule has 1 saturated heterocycles. The minimum absolute atomic E-state index is 0.0127. The van der Waals surface area contributed by atoms with Crippen LogP contribution in [-0.2, 0) is 14.4 Å². The molecule has 0 aliphatic carbocycles. The number of carboxylic acid groups (broad SMARTS) is 2. The lowest BCUT2D eigenvalue weighted by Gasteiger charge is -2.21. The highest BCUT2D eigenvalue weighted by molar-refractivity contribution is 6.27. The lowest BCUT2D eigenvalue weighted by Crippen LogP contribution is -2.40. The fourth-order valence-electron chi connectivity index (χ4n) is 3.71. The number of carbonyl (C=O) groups is 3. The molecule has 32 heavy (non-hydrogen) atoms. The maximum Gasteiger partial charge on any atom is 0.471 e. The lowest BCUT2D eigenvalue weighted by atomic mass is 9.96. The molecule has 0 saturated carbocycles. The summed E-state index contributed by atoms with van der Waals surface area (Å²) in [5.74, 6) is -5.33. The predicted molar refractivity (Wildman–Crippen MR) is 111 cm³/mol. The smallest absolute Gasteiger partial charge is 0.471 e. The highest BCUT2D eigenvalue weighted by Crippen LogP contribution is 2.29. The van der Waals surface area contributed by atoms with E-state index < -0.39 is 24.0 Å².